The minimum Gasteiger partial charge on any atom is -0.497 e. The molecule has 1 unspecified atom stereocenters. The summed E-state index contributed by atoms with van der Waals surface area (Å²) in [7, 11) is 2.05. The van der Waals surface area contributed by atoms with Crippen molar-refractivity contribution in [1.82, 2.24) is 0 Å². The molecule has 5 aromatic rings. The number of hydrogen-bond donors (Lipinski definition) is 0. The van der Waals surface area contributed by atoms with Crippen molar-refractivity contribution in [3.05, 3.63) is 153 Å². The fraction of sp³-hybridized carbons (Fsp3) is 0.483. The molecule has 5 aromatic carbocycles. The first-order valence-electron chi connectivity index (χ1n) is 26.2. The van der Waals surface area contributed by atoms with E-state index in [1.54, 1.807) is 21.1 Å². The van der Waals surface area contributed by atoms with Gasteiger partial charge in [0.05, 0.1) is 64.5 Å². The fourth-order valence-corrected chi connectivity index (χ4v) is 16.9. The highest BCUT2D eigenvalue weighted by atomic mass is 35.5. The third kappa shape index (κ3) is 13.9. The minimum atomic E-state index is -2.67. The van der Waals surface area contributed by atoms with Gasteiger partial charge in [-0.2, -0.15) is 0 Å². The lowest BCUT2D eigenvalue weighted by Gasteiger charge is -2.50. The maximum Gasteiger partial charge on any atom is 0.342 e. The van der Waals surface area contributed by atoms with Crippen molar-refractivity contribution in [2.45, 2.75) is 167 Å². The molecule has 13 nitrogen and oxygen atoms in total. The molecule has 0 saturated carbocycles. The molecule has 2 fully saturated rings. The summed E-state index contributed by atoms with van der Waals surface area (Å²) in [5.41, 5.74) is 4.77. The van der Waals surface area contributed by atoms with Crippen LogP contribution in [0, 0.1) is 6.92 Å². The Hall–Kier alpha value is -4.71. The second-order valence-corrected chi connectivity index (χ2v) is 26.6. The Bertz CT molecular complexity index is 2580. The van der Waals surface area contributed by atoms with Crippen molar-refractivity contribution in [2.75, 3.05) is 21.3 Å². The van der Waals surface area contributed by atoms with Gasteiger partial charge in [-0.3, -0.25) is 0 Å². The van der Waals surface area contributed by atoms with Crippen molar-refractivity contribution in [3.63, 3.8) is 0 Å². The molecule has 2 saturated heterocycles. The Balaban J connectivity index is 1.21. The highest BCUT2D eigenvalue weighted by Gasteiger charge is 2.53. The van der Waals surface area contributed by atoms with Gasteiger partial charge in [-0.15, -0.1) is 0 Å². The first-order valence-corrected chi connectivity index (χ1v) is 29.1. The normalized spacial score (nSPS) is 22.9. The van der Waals surface area contributed by atoms with Crippen LogP contribution in [0.5, 0.6) is 23.0 Å². The number of benzene rings is 5. The number of esters is 1. The third-order valence-electron chi connectivity index (χ3n) is 14.6. The van der Waals surface area contributed by atoms with Crippen LogP contribution in [0.1, 0.15) is 100.0 Å². The van der Waals surface area contributed by atoms with Gasteiger partial charge in [-0.25, -0.2) is 4.79 Å². The van der Waals surface area contributed by atoms with Crippen LogP contribution in [0.25, 0.3) is 0 Å². The SMILES string of the molecule is COc1ccc(COC2O[C@H](C)[C@@H](O[C@H]3C[C@@H](O[Si](C(C)C)(C(C)C)C(C)C)[C@H](OC(=O)c4c(C)c(Cl)c(OCc5ccccc5)c(Cl)c4OC)[C@@H](C)O3)[C@H](OCc3ccccc3)[C@H]2OCc2ccc(OC)cc2)cc1. The van der Waals surface area contributed by atoms with Gasteiger partial charge in [0.25, 0.3) is 0 Å². The summed E-state index contributed by atoms with van der Waals surface area (Å²) in [5.74, 6) is 1.05. The molecule has 0 N–H and O–H groups in total. The van der Waals surface area contributed by atoms with Gasteiger partial charge in [0.1, 0.15) is 47.0 Å². The topological polar surface area (TPSA) is 128 Å². The van der Waals surface area contributed by atoms with Gasteiger partial charge in [-0.1, -0.05) is 150 Å². The number of ether oxygens (including phenoxy) is 11. The van der Waals surface area contributed by atoms with Crippen LogP contribution in [0.15, 0.2) is 109 Å². The largest absolute Gasteiger partial charge is 0.497 e. The molecule has 2 aliphatic heterocycles. The number of halogens is 2. The smallest absolute Gasteiger partial charge is 0.342 e. The Morgan fingerprint density at radius 3 is 1.58 bits per heavy atom. The Labute approximate surface area is 460 Å². The Morgan fingerprint density at radius 2 is 1.07 bits per heavy atom. The number of rotatable bonds is 24. The molecule has 412 valence electrons. The quantitative estimate of drug-likeness (QED) is 0.0430. The standard InChI is InChI=1S/C60H76Cl2O13Si/c1-36(2)76(37(3)4,38(5)6)75-48-31-49(71-40(8)53(48)74-59(63)50-39(7)51(61)56(52(62)55(50)66-12)67-32-42-19-15-13-16-20-42)73-54-41(9)72-60(70-35-45-25-29-47(65-11)30-26-45)58(57(54)68-33-43-21-17-14-18-22-43)69-34-44-23-27-46(64-10)28-24-44/h13-30,36-38,40-41,48-49,53-54,57-58,60H,31-35H2,1-12H3/t40-,41-,48-,49+,53-,54-,57+,58-,60?/m1/s1. The minimum absolute atomic E-state index is 0.0496. The molecule has 0 amide bonds. The van der Waals surface area contributed by atoms with Crippen LogP contribution >= 0.6 is 23.2 Å². The molecule has 0 spiro atoms. The summed E-state index contributed by atoms with van der Waals surface area (Å²) in [6.07, 6.45) is -6.70. The summed E-state index contributed by atoms with van der Waals surface area (Å²) in [5, 5.41) is 0.217. The summed E-state index contributed by atoms with van der Waals surface area (Å²) in [6, 6.07) is 35.0. The van der Waals surface area contributed by atoms with E-state index >= 15 is 0 Å². The van der Waals surface area contributed by atoms with Crippen LogP contribution in [0.3, 0.4) is 0 Å². The lowest BCUT2D eigenvalue weighted by molar-refractivity contribution is -0.348. The highest BCUT2D eigenvalue weighted by molar-refractivity contribution is 6.77. The molecule has 0 aromatic heterocycles. The molecule has 0 bridgehead atoms. The monoisotopic (exact) mass is 1100 g/mol. The van der Waals surface area contributed by atoms with E-state index in [-0.39, 0.29) is 76.6 Å². The summed E-state index contributed by atoms with van der Waals surface area (Å²) < 4.78 is 78.2. The van der Waals surface area contributed by atoms with Crippen LogP contribution in [-0.2, 0) is 64.0 Å². The van der Waals surface area contributed by atoms with Gasteiger partial charge in [0, 0.05) is 6.42 Å². The van der Waals surface area contributed by atoms with E-state index in [9.17, 15) is 4.79 Å². The maximum atomic E-state index is 14.8. The number of carbonyl (C=O) groups is 1. The van der Waals surface area contributed by atoms with E-state index < -0.39 is 69.6 Å². The number of hydrogen-bond acceptors (Lipinski definition) is 13. The van der Waals surface area contributed by atoms with Gasteiger partial charge in [-0.05, 0) is 89.5 Å². The molecule has 7 rings (SSSR count). The zero-order chi connectivity index (χ0) is 54.7. The summed E-state index contributed by atoms with van der Waals surface area (Å²) in [6.45, 7) is 19.7. The average molecular weight is 1100 g/mol. The van der Waals surface area contributed by atoms with Crippen molar-refractivity contribution in [3.8, 4) is 23.0 Å². The number of methoxy groups -OCH3 is 3. The summed E-state index contributed by atoms with van der Waals surface area (Å²) >= 11 is 14.0. The van der Waals surface area contributed by atoms with E-state index in [1.807, 2.05) is 123 Å². The molecular weight excluding hydrogens is 1030 g/mol. The predicted molar refractivity (Wildman–Crippen MR) is 296 cm³/mol. The molecular formula is C60H76Cl2O13Si. The van der Waals surface area contributed by atoms with Gasteiger partial charge >= 0.3 is 5.97 Å². The van der Waals surface area contributed by atoms with Crippen molar-refractivity contribution >= 4 is 37.5 Å². The first-order chi connectivity index (χ1) is 36.5. The Kier molecular flexibility index (Phi) is 21.1. The van der Waals surface area contributed by atoms with Crippen LogP contribution < -0.4 is 18.9 Å². The average Bonchev–Trinajstić information content (AvgIpc) is 3.43. The molecule has 9 atom stereocenters. The van der Waals surface area contributed by atoms with Gasteiger partial charge in [0.15, 0.2) is 30.2 Å². The molecule has 0 aliphatic carbocycles. The second-order valence-electron chi connectivity index (χ2n) is 20.5. The van der Waals surface area contributed by atoms with Gasteiger partial charge in [0.2, 0.25) is 8.32 Å². The van der Waals surface area contributed by atoms with E-state index in [0.717, 1.165) is 33.8 Å². The van der Waals surface area contributed by atoms with Crippen LogP contribution in [-0.4, -0.2) is 90.9 Å². The maximum absolute atomic E-state index is 14.8. The van der Waals surface area contributed by atoms with Crippen molar-refractivity contribution in [1.29, 1.82) is 0 Å². The third-order valence-corrected chi connectivity index (χ3v) is 21.5. The zero-order valence-electron chi connectivity index (χ0n) is 45.9. The summed E-state index contributed by atoms with van der Waals surface area (Å²) in [4.78, 5) is 14.8. The van der Waals surface area contributed by atoms with E-state index in [1.165, 1.54) is 7.11 Å². The van der Waals surface area contributed by atoms with Crippen molar-refractivity contribution < 1.29 is 61.3 Å². The van der Waals surface area contributed by atoms with E-state index in [0.29, 0.717) is 5.56 Å². The second kappa shape index (κ2) is 27.2. The van der Waals surface area contributed by atoms with Gasteiger partial charge < -0.3 is 56.5 Å². The van der Waals surface area contributed by atoms with Crippen LogP contribution in [0.2, 0.25) is 26.7 Å². The highest BCUT2D eigenvalue weighted by Crippen LogP contribution is 2.48. The molecule has 0 radical (unpaired) electrons. The predicted octanol–water partition coefficient (Wildman–Crippen LogP) is 13.6. The molecule has 2 aliphatic rings. The van der Waals surface area contributed by atoms with Crippen LogP contribution in [0.4, 0.5) is 0 Å². The molecule has 16 heteroatoms. The lowest BCUT2D eigenvalue weighted by atomic mass is 9.97. The lowest BCUT2D eigenvalue weighted by Crippen LogP contribution is -2.62. The molecule has 76 heavy (non-hydrogen) atoms. The zero-order valence-corrected chi connectivity index (χ0v) is 48.4. The first kappa shape index (κ1) is 59.0. The molecule has 2 heterocycles. The Morgan fingerprint density at radius 1 is 0.579 bits per heavy atom. The van der Waals surface area contributed by atoms with E-state index in [2.05, 4.69) is 41.5 Å². The number of carbonyl (C=O) groups excluding carboxylic acids is 1. The van der Waals surface area contributed by atoms with E-state index in [4.69, 9.17) is 79.7 Å². The fourth-order valence-electron chi connectivity index (χ4n) is 10.7. The van der Waals surface area contributed by atoms with Crippen molar-refractivity contribution in [2.24, 2.45) is 0 Å².